The number of rotatable bonds is 3. The standard InChI is InChI=1S/C12H18O2S/c13-11(5-8-1-3-15-4-2-8)12-9-6-14-7-10(9)12/h8-10,12H,1-7H2. The first-order chi connectivity index (χ1) is 7.36. The number of thioether (sulfide) groups is 1. The lowest BCUT2D eigenvalue weighted by Gasteiger charge is -2.20. The van der Waals surface area contributed by atoms with Gasteiger partial charge in [-0.05, 0) is 42.1 Å². The second-order valence-electron chi connectivity index (χ2n) is 5.12. The van der Waals surface area contributed by atoms with E-state index in [0.717, 1.165) is 19.6 Å². The molecule has 0 spiro atoms. The maximum absolute atomic E-state index is 12.0. The highest BCUT2D eigenvalue weighted by Crippen LogP contribution is 2.52. The molecule has 0 aromatic carbocycles. The largest absolute Gasteiger partial charge is 0.381 e. The first kappa shape index (κ1) is 10.2. The van der Waals surface area contributed by atoms with Gasteiger partial charge < -0.3 is 4.74 Å². The van der Waals surface area contributed by atoms with Crippen molar-refractivity contribution in [2.75, 3.05) is 24.7 Å². The monoisotopic (exact) mass is 226 g/mol. The van der Waals surface area contributed by atoms with Crippen molar-refractivity contribution in [3.8, 4) is 0 Å². The highest BCUT2D eigenvalue weighted by atomic mass is 32.2. The average Bonchev–Trinajstić information content (AvgIpc) is 2.75. The Hall–Kier alpha value is -0.0200. The smallest absolute Gasteiger partial charge is 0.137 e. The number of hydrogen-bond acceptors (Lipinski definition) is 3. The lowest BCUT2D eigenvalue weighted by Crippen LogP contribution is -2.17. The van der Waals surface area contributed by atoms with Crippen molar-refractivity contribution in [1.82, 2.24) is 0 Å². The van der Waals surface area contributed by atoms with Gasteiger partial charge in [-0.3, -0.25) is 4.79 Å². The number of ether oxygens (including phenoxy) is 1. The molecule has 0 radical (unpaired) electrons. The third kappa shape index (κ3) is 1.96. The van der Waals surface area contributed by atoms with E-state index in [1.165, 1.54) is 24.3 Å². The predicted octanol–water partition coefficient (Wildman–Crippen LogP) is 1.98. The van der Waals surface area contributed by atoms with Crippen molar-refractivity contribution in [2.24, 2.45) is 23.7 Å². The SMILES string of the molecule is O=C(CC1CCSCC1)C1C2COCC21. The molecule has 0 bridgehead atoms. The molecule has 2 saturated heterocycles. The molecule has 2 nitrogen and oxygen atoms in total. The summed E-state index contributed by atoms with van der Waals surface area (Å²) in [7, 11) is 0. The van der Waals surface area contributed by atoms with Crippen LogP contribution < -0.4 is 0 Å². The van der Waals surface area contributed by atoms with Gasteiger partial charge in [0.15, 0.2) is 0 Å². The zero-order valence-corrected chi connectivity index (χ0v) is 9.80. The molecular weight excluding hydrogens is 208 g/mol. The van der Waals surface area contributed by atoms with Gasteiger partial charge >= 0.3 is 0 Å². The van der Waals surface area contributed by atoms with Gasteiger partial charge in [-0.2, -0.15) is 11.8 Å². The van der Waals surface area contributed by atoms with E-state index in [2.05, 4.69) is 0 Å². The quantitative estimate of drug-likeness (QED) is 0.736. The Kier molecular flexibility index (Phi) is 2.77. The second-order valence-corrected chi connectivity index (χ2v) is 6.34. The highest BCUT2D eigenvalue weighted by Gasteiger charge is 2.57. The Morgan fingerprint density at radius 2 is 1.87 bits per heavy atom. The van der Waals surface area contributed by atoms with Crippen molar-refractivity contribution < 1.29 is 9.53 Å². The molecule has 84 valence electrons. The molecule has 3 aliphatic rings. The van der Waals surface area contributed by atoms with Gasteiger partial charge in [-0.25, -0.2) is 0 Å². The molecule has 1 aliphatic carbocycles. The van der Waals surface area contributed by atoms with Gasteiger partial charge in [0.25, 0.3) is 0 Å². The van der Waals surface area contributed by atoms with E-state index in [-0.39, 0.29) is 0 Å². The zero-order chi connectivity index (χ0) is 10.3. The molecule has 15 heavy (non-hydrogen) atoms. The van der Waals surface area contributed by atoms with Gasteiger partial charge in [-0.1, -0.05) is 0 Å². The molecular formula is C12H18O2S. The maximum atomic E-state index is 12.0. The molecule has 0 N–H and O–H groups in total. The molecule has 1 saturated carbocycles. The minimum atomic E-state index is 0.397. The van der Waals surface area contributed by atoms with Crippen LogP contribution in [-0.2, 0) is 9.53 Å². The molecule has 2 aliphatic heterocycles. The zero-order valence-electron chi connectivity index (χ0n) is 8.98. The summed E-state index contributed by atoms with van der Waals surface area (Å²) in [6.07, 6.45) is 3.38. The number of Topliss-reactive ketones (excluding diaryl/α,β-unsaturated/α-hetero) is 1. The van der Waals surface area contributed by atoms with Gasteiger partial charge in [0.2, 0.25) is 0 Å². The van der Waals surface area contributed by atoms with Crippen molar-refractivity contribution in [3.05, 3.63) is 0 Å². The fourth-order valence-electron chi connectivity index (χ4n) is 3.09. The van der Waals surface area contributed by atoms with Gasteiger partial charge in [0, 0.05) is 12.3 Å². The molecule has 0 amide bonds. The van der Waals surface area contributed by atoms with Crippen LogP contribution in [0.4, 0.5) is 0 Å². The van der Waals surface area contributed by atoms with Gasteiger partial charge in [0.1, 0.15) is 5.78 Å². The average molecular weight is 226 g/mol. The highest BCUT2D eigenvalue weighted by molar-refractivity contribution is 7.99. The van der Waals surface area contributed by atoms with Crippen LogP contribution in [0.5, 0.6) is 0 Å². The van der Waals surface area contributed by atoms with Crippen LogP contribution >= 0.6 is 11.8 Å². The fraction of sp³-hybridized carbons (Fsp3) is 0.917. The minimum absolute atomic E-state index is 0.397. The third-order valence-electron chi connectivity index (χ3n) is 4.15. The Morgan fingerprint density at radius 1 is 1.20 bits per heavy atom. The van der Waals surface area contributed by atoms with Crippen LogP contribution in [0.25, 0.3) is 0 Å². The Labute approximate surface area is 95.1 Å². The topological polar surface area (TPSA) is 26.3 Å². The molecule has 3 rings (SSSR count). The second kappa shape index (κ2) is 4.10. The number of carbonyl (C=O) groups is 1. The van der Waals surface area contributed by atoms with E-state index >= 15 is 0 Å². The van der Waals surface area contributed by atoms with Crippen LogP contribution in [-0.4, -0.2) is 30.5 Å². The van der Waals surface area contributed by atoms with Crippen LogP contribution in [0.1, 0.15) is 19.3 Å². The molecule has 3 fully saturated rings. The summed E-state index contributed by atoms with van der Waals surface area (Å²) in [5, 5.41) is 0. The van der Waals surface area contributed by atoms with E-state index in [9.17, 15) is 4.79 Å². The Morgan fingerprint density at radius 3 is 2.53 bits per heavy atom. The first-order valence-electron chi connectivity index (χ1n) is 6.04. The maximum Gasteiger partial charge on any atom is 0.137 e. The summed E-state index contributed by atoms with van der Waals surface area (Å²) >= 11 is 2.04. The number of carbonyl (C=O) groups excluding carboxylic acids is 1. The lowest BCUT2D eigenvalue weighted by atomic mass is 9.94. The summed E-state index contributed by atoms with van der Waals surface area (Å²) in [6.45, 7) is 1.70. The number of hydrogen-bond donors (Lipinski definition) is 0. The summed E-state index contributed by atoms with van der Waals surface area (Å²) < 4.78 is 5.32. The number of ketones is 1. The van der Waals surface area contributed by atoms with Gasteiger partial charge in [0.05, 0.1) is 13.2 Å². The van der Waals surface area contributed by atoms with Gasteiger partial charge in [-0.15, -0.1) is 0 Å². The van der Waals surface area contributed by atoms with Crippen molar-refractivity contribution in [3.63, 3.8) is 0 Å². The van der Waals surface area contributed by atoms with E-state index < -0.39 is 0 Å². The summed E-state index contributed by atoms with van der Waals surface area (Å²) in [5.41, 5.74) is 0. The van der Waals surface area contributed by atoms with E-state index in [1.54, 1.807) is 0 Å². The fourth-order valence-corrected chi connectivity index (χ4v) is 4.29. The lowest BCUT2D eigenvalue weighted by molar-refractivity contribution is -0.122. The molecule has 2 atom stereocenters. The molecule has 3 heteroatoms. The van der Waals surface area contributed by atoms with E-state index in [1.807, 2.05) is 11.8 Å². The Balaban J connectivity index is 1.49. The normalized spacial score (nSPS) is 40.1. The molecule has 2 unspecified atom stereocenters. The van der Waals surface area contributed by atoms with Crippen LogP contribution in [0.15, 0.2) is 0 Å². The van der Waals surface area contributed by atoms with Crippen molar-refractivity contribution in [1.29, 1.82) is 0 Å². The molecule has 0 aromatic heterocycles. The van der Waals surface area contributed by atoms with E-state index in [4.69, 9.17) is 4.74 Å². The Bertz CT molecular complexity index is 250. The molecule has 2 heterocycles. The first-order valence-corrected chi connectivity index (χ1v) is 7.20. The third-order valence-corrected chi connectivity index (χ3v) is 5.20. The summed E-state index contributed by atoms with van der Waals surface area (Å²) in [6, 6.07) is 0. The van der Waals surface area contributed by atoms with E-state index in [0.29, 0.717) is 29.5 Å². The van der Waals surface area contributed by atoms with Crippen molar-refractivity contribution >= 4 is 17.5 Å². The number of fused-ring (bicyclic) bond motifs is 1. The van der Waals surface area contributed by atoms with Crippen LogP contribution in [0, 0.1) is 23.7 Å². The van der Waals surface area contributed by atoms with Crippen molar-refractivity contribution in [2.45, 2.75) is 19.3 Å². The summed E-state index contributed by atoms with van der Waals surface area (Å²) in [5.74, 6) is 5.38. The van der Waals surface area contributed by atoms with Crippen LogP contribution in [0.2, 0.25) is 0 Å². The summed E-state index contributed by atoms with van der Waals surface area (Å²) in [4.78, 5) is 12.0. The predicted molar refractivity (Wildman–Crippen MR) is 61.0 cm³/mol. The van der Waals surface area contributed by atoms with Crippen LogP contribution in [0.3, 0.4) is 0 Å². The minimum Gasteiger partial charge on any atom is -0.381 e. The molecule has 0 aromatic rings.